The van der Waals surface area contributed by atoms with Gasteiger partial charge in [-0.1, -0.05) is 20.3 Å². The lowest BCUT2D eigenvalue weighted by molar-refractivity contribution is 0.143. The van der Waals surface area contributed by atoms with Crippen LogP contribution >= 0.6 is 11.3 Å². The molecule has 0 radical (unpaired) electrons. The van der Waals surface area contributed by atoms with Crippen molar-refractivity contribution in [3.8, 4) is 0 Å². The zero-order valence-electron chi connectivity index (χ0n) is 9.24. The van der Waals surface area contributed by atoms with Crippen LogP contribution in [0.15, 0.2) is 5.38 Å². The summed E-state index contributed by atoms with van der Waals surface area (Å²) in [6, 6.07) is 0. The number of thiazole rings is 1. The van der Waals surface area contributed by atoms with Crippen molar-refractivity contribution in [1.29, 1.82) is 0 Å². The molecule has 0 aliphatic rings. The Bertz CT molecular complexity index is 325. The van der Waals surface area contributed by atoms with Gasteiger partial charge in [0.05, 0.1) is 11.6 Å². The summed E-state index contributed by atoms with van der Waals surface area (Å²) in [7, 11) is 0. The minimum atomic E-state index is -0.430. The molecule has 1 amide bonds. The van der Waals surface area contributed by atoms with Crippen molar-refractivity contribution in [2.75, 3.05) is 11.9 Å². The zero-order chi connectivity index (χ0) is 11.3. The lowest BCUT2D eigenvalue weighted by atomic mass is 10.1. The molecule has 15 heavy (non-hydrogen) atoms. The molecule has 5 heteroatoms. The van der Waals surface area contributed by atoms with Crippen molar-refractivity contribution in [3.63, 3.8) is 0 Å². The number of carbonyl (C=O) groups excluding carboxylic acids is 1. The van der Waals surface area contributed by atoms with E-state index in [0.717, 1.165) is 11.4 Å². The maximum Gasteiger partial charge on any atom is 0.412 e. The van der Waals surface area contributed by atoms with Crippen molar-refractivity contribution in [2.45, 2.75) is 27.2 Å². The van der Waals surface area contributed by atoms with Gasteiger partial charge < -0.3 is 4.74 Å². The average molecular weight is 228 g/mol. The summed E-state index contributed by atoms with van der Waals surface area (Å²) in [5.41, 5.74) is 0. The summed E-state index contributed by atoms with van der Waals surface area (Å²) in [5.74, 6) is 0.958. The van der Waals surface area contributed by atoms with Gasteiger partial charge in [0.15, 0.2) is 0 Å². The first kappa shape index (κ1) is 12.0. The maximum atomic E-state index is 11.3. The molecule has 1 aromatic heterocycles. The molecule has 0 unspecified atom stereocenters. The largest absolute Gasteiger partial charge is 0.449 e. The van der Waals surface area contributed by atoms with E-state index in [1.165, 1.54) is 11.3 Å². The number of nitrogens with zero attached hydrogens (tertiary/aromatic N) is 1. The molecule has 0 bridgehead atoms. The van der Waals surface area contributed by atoms with Gasteiger partial charge in [-0.25, -0.2) is 9.78 Å². The first-order chi connectivity index (χ1) is 7.11. The van der Waals surface area contributed by atoms with Crippen molar-refractivity contribution in [1.82, 2.24) is 4.98 Å². The number of carbonyl (C=O) groups is 1. The molecule has 0 fully saturated rings. The minimum absolute atomic E-state index is 0.396. The van der Waals surface area contributed by atoms with Crippen LogP contribution in [0, 0.1) is 12.8 Å². The predicted octanol–water partition coefficient (Wildman–Crippen LogP) is 3.05. The number of anilines is 1. The monoisotopic (exact) mass is 228 g/mol. The second-order valence-corrected chi connectivity index (χ2v) is 4.55. The topological polar surface area (TPSA) is 51.2 Å². The first-order valence-corrected chi connectivity index (χ1v) is 5.85. The highest BCUT2D eigenvalue weighted by atomic mass is 32.1. The molecule has 1 rings (SSSR count). The van der Waals surface area contributed by atoms with Crippen LogP contribution in [0.5, 0.6) is 0 Å². The number of hydrogen-bond acceptors (Lipinski definition) is 4. The Morgan fingerprint density at radius 3 is 3.00 bits per heavy atom. The van der Waals surface area contributed by atoms with Crippen LogP contribution in [0.1, 0.15) is 25.3 Å². The normalized spacial score (nSPS) is 12.2. The molecule has 0 spiro atoms. The summed E-state index contributed by atoms with van der Waals surface area (Å²) in [6.45, 7) is 6.45. The molecule has 1 heterocycles. The second kappa shape index (κ2) is 5.70. The van der Waals surface area contributed by atoms with Gasteiger partial charge in [0.1, 0.15) is 5.82 Å². The molecule has 4 nitrogen and oxygen atoms in total. The Kier molecular flexibility index (Phi) is 4.55. The third-order valence-electron chi connectivity index (χ3n) is 2.05. The SMILES string of the molecule is CC[C@H](C)COC(=O)Nc1csc(C)n1. The van der Waals surface area contributed by atoms with Crippen LogP contribution in [0.4, 0.5) is 10.6 Å². The Balaban J connectivity index is 2.30. The smallest absolute Gasteiger partial charge is 0.412 e. The zero-order valence-corrected chi connectivity index (χ0v) is 10.1. The fourth-order valence-corrected chi connectivity index (χ4v) is 1.44. The van der Waals surface area contributed by atoms with E-state index in [-0.39, 0.29) is 0 Å². The standard InChI is InChI=1S/C10H16N2O2S/c1-4-7(2)5-14-10(13)12-9-6-15-8(3)11-9/h6-7H,4-5H2,1-3H3,(H,12,13)/t7-/m0/s1. The highest BCUT2D eigenvalue weighted by molar-refractivity contribution is 7.09. The maximum absolute atomic E-state index is 11.3. The number of hydrogen-bond donors (Lipinski definition) is 1. The van der Waals surface area contributed by atoms with Gasteiger partial charge in [-0.3, -0.25) is 5.32 Å². The van der Waals surface area contributed by atoms with E-state index in [2.05, 4.69) is 17.2 Å². The highest BCUT2D eigenvalue weighted by Gasteiger charge is 2.07. The summed E-state index contributed by atoms with van der Waals surface area (Å²) < 4.78 is 5.02. The Morgan fingerprint density at radius 2 is 2.47 bits per heavy atom. The minimum Gasteiger partial charge on any atom is -0.449 e. The molecule has 0 aliphatic carbocycles. The number of amides is 1. The molecular formula is C10H16N2O2S. The van der Waals surface area contributed by atoms with Crippen molar-refractivity contribution < 1.29 is 9.53 Å². The fourth-order valence-electron chi connectivity index (χ4n) is 0.897. The quantitative estimate of drug-likeness (QED) is 0.861. The van der Waals surface area contributed by atoms with E-state index >= 15 is 0 Å². The number of rotatable bonds is 4. The van der Waals surface area contributed by atoms with Crippen LogP contribution < -0.4 is 5.32 Å². The molecule has 1 N–H and O–H groups in total. The molecule has 1 atom stereocenters. The predicted molar refractivity (Wildman–Crippen MR) is 61.3 cm³/mol. The lowest BCUT2D eigenvalue weighted by Gasteiger charge is -2.09. The van der Waals surface area contributed by atoms with E-state index in [1.807, 2.05) is 13.8 Å². The molecule has 84 valence electrons. The molecule has 0 aliphatic heterocycles. The summed E-state index contributed by atoms with van der Waals surface area (Å²) >= 11 is 1.49. The van der Waals surface area contributed by atoms with Gasteiger partial charge in [0, 0.05) is 5.38 Å². The van der Waals surface area contributed by atoms with Crippen LogP contribution in [0.25, 0.3) is 0 Å². The van der Waals surface area contributed by atoms with E-state index in [9.17, 15) is 4.79 Å². The van der Waals surface area contributed by atoms with Crippen LogP contribution in [0.3, 0.4) is 0 Å². The van der Waals surface area contributed by atoms with Crippen LogP contribution in [-0.4, -0.2) is 17.7 Å². The van der Waals surface area contributed by atoms with E-state index in [0.29, 0.717) is 18.3 Å². The van der Waals surface area contributed by atoms with Crippen molar-refractivity contribution in [3.05, 3.63) is 10.4 Å². The Morgan fingerprint density at radius 1 is 1.73 bits per heavy atom. The molecule has 0 saturated heterocycles. The van der Waals surface area contributed by atoms with Crippen molar-refractivity contribution >= 4 is 23.2 Å². The van der Waals surface area contributed by atoms with Gasteiger partial charge >= 0.3 is 6.09 Å². The number of aryl methyl sites for hydroxylation is 1. The number of aromatic nitrogens is 1. The molecular weight excluding hydrogens is 212 g/mol. The summed E-state index contributed by atoms with van der Waals surface area (Å²) in [5, 5.41) is 5.30. The highest BCUT2D eigenvalue weighted by Crippen LogP contribution is 2.12. The number of ether oxygens (including phenoxy) is 1. The summed E-state index contributed by atoms with van der Waals surface area (Å²) in [4.78, 5) is 15.4. The molecule has 0 saturated carbocycles. The van der Waals surface area contributed by atoms with E-state index in [4.69, 9.17) is 4.74 Å². The Labute approximate surface area is 93.7 Å². The van der Waals surface area contributed by atoms with Gasteiger partial charge in [-0.15, -0.1) is 11.3 Å². The van der Waals surface area contributed by atoms with Gasteiger partial charge in [-0.2, -0.15) is 0 Å². The third-order valence-corrected chi connectivity index (χ3v) is 2.82. The van der Waals surface area contributed by atoms with Crippen LogP contribution in [-0.2, 0) is 4.74 Å². The number of nitrogens with one attached hydrogen (secondary N) is 1. The molecule has 1 aromatic rings. The first-order valence-electron chi connectivity index (χ1n) is 4.97. The Hall–Kier alpha value is -1.10. The second-order valence-electron chi connectivity index (χ2n) is 3.49. The van der Waals surface area contributed by atoms with E-state index < -0.39 is 6.09 Å². The lowest BCUT2D eigenvalue weighted by Crippen LogP contribution is -2.17. The van der Waals surface area contributed by atoms with Gasteiger partial charge in [-0.05, 0) is 12.8 Å². The van der Waals surface area contributed by atoms with Gasteiger partial charge in [0.2, 0.25) is 0 Å². The summed E-state index contributed by atoms with van der Waals surface area (Å²) in [6.07, 6.45) is 0.573. The van der Waals surface area contributed by atoms with Gasteiger partial charge in [0.25, 0.3) is 0 Å². The average Bonchev–Trinajstić information content (AvgIpc) is 2.60. The molecule has 0 aromatic carbocycles. The fraction of sp³-hybridized carbons (Fsp3) is 0.600. The third kappa shape index (κ3) is 4.29. The van der Waals surface area contributed by atoms with Crippen molar-refractivity contribution in [2.24, 2.45) is 5.92 Å². The van der Waals surface area contributed by atoms with Crippen LogP contribution in [0.2, 0.25) is 0 Å². The van der Waals surface area contributed by atoms with E-state index in [1.54, 1.807) is 5.38 Å².